The van der Waals surface area contributed by atoms with Crippen LogP contribution in [0.2, 0.25) is 0 Å². The van der Waals surface area contributed by atoms with Crippen molar-refractivity contribution in [3.8, 4) is 0 Å². The summed E-state index contributed by atoms with van der Waals surface area (Å²) in [5.41, 5.74) is -0.172. The Morgan fingerprint density at radius 2 is 2.14 bits per heavy atom. The lowest BCUT2D eigenvalue weighted by molar-refractivity contribution is -0.114. The second-order valence-corrected chi connectivity index (χ2v) is 6.27. The molecule has 0 spiro atoms. The van der Waals surface area contributed by atoms with Gasteiger partial charge in [-0.25, -0.2) is 9.38 Å². The Morgan fingerprint density at radius 3 is 2.82 bits per heavy atom. The van der Waals surface area contributed by atoms with E-state index in [0.717, 1.165) is 17.8 Å². The minimum Gasteiger partial charge on any atom is -0.459 e. The van der Waals surface area contributed by atoms with Gasteiger partial charge >= 0.3 is 5.91 Å². The van der Waals surface area contributed by atoms with Crippen molar-refractivity contribution < 1.29 is 23.2 Å². The van der Waals surface area contributed by atoms with E-state index in [0.29, 0.717) is 5.69 Å². The van der Waals surface area contributed by atoms with Crippen molar-refractivity contribution in [3.63, 3.8) is 0 Å². The van der Waals surface area contributed by atoms with Gasteiger partial charge in [0.05, 0.1) is 12.0 Å². The highest BCUT2D eigenvalue weighted by Crippen LogP contribution is 2.12. The van der Waals surface area contributed by atoms with Gasteiger partial charge in [0.2, 0.25) is 5.91 Å². The van der Waals surface area contributed by atoms with Crippen LogP contribution < -0.4 is 10.6 Å². The van der Waals surface area contributed by atoms with Crippen molar-refractivity contribution in [2.75, 3.05) is 11.1 Å². The number of carbonyl (C=O) groups is 3. The number of nitrogens with zero attached hydrogens (tertiary/aromatic N) is 2. The van der Waals surface area contributed by atoms with Crippen LogP contribution in [0.25, 0.3) is 0 Å². The van der Waals surface area contributed by atoms with Crippen molar-refractivity contribution in [2.45, 2.75) is 0 Å². The van der Waals surface area contributed by atoms with Crippen molar-refractivity contribution >= 4 is 51.9 Å². The number of amides is 3. The number of hydrogen-bond acceptors (Lipinski definition) is 6. The zero-order valence-corrected chi connectivity index (χ0v) is 14.9. The first-order valence-electron chi connectivity index (χ1n) is 7.76. The SMILES string of the molecule is N=C1N=C(SCC(=O)Nc2cccc(F)c2)NC(=O)C1=NC(=O)c1ccco1. The van der Waals surface area contributed by atoms with Gasteiger partial charge < -0.3 is 9.73 Å². The van der Waals surface area contributed by atoms with Crippen LogP contribution in [0.4, 0.5) is 10.1 Å². The summed E-state index contributed by atoms with van der Waals surface area (Å²) >= 11 is 0.868. The molecule has 9 nitrogen and oxygen atoms in total. The lowest BCUT2D eigenvalue weighted by Gasteiger charge is -2.14. The summed E-state index contributed by atoms with van der Waals surface area (Å²) in [6.45, 7) is 0. The van der Waals surface area contributed by atoms with Gasteiger partial charge in [-0.05, 0) is 30.3 Å². The van der Waals surface area contributed by atoms with Gasteiger partial charge in [-0.1, -0.05) is 17.8 Å². The summed E-state index contributed by atoms with van der Waals surface area (Å²) in [5.74, 6) is -3.29. The summed E-state index contributed by atoms with van der Waals surface area (Å²) in [4.78, 5) is 43.2. The fourth-order valence-corrected chi connectivity index (χ4v) is 2.73. The molecule has 0 atom stereocenters. The molecule has 1 aromatic carbocycles. The molecule has 2 aromatic rings. The number of anilines is 1. The van der Waals surface area contributed by atoms with Gasteiger partial charge in [0.1, 0.15) is 5.82 Å². The molecule has 142 valence electrons. The zero-order chi connectivity index (χ0) is 20.1. The van der Waals surface area contributed by atoms with Crippen LogP contribution in [0, 0.1) is 11.2 Å². The van der Waals surface area contributed by atoms with E-state index in [4.69, 9.17) is 9.83 Å². The van der Waals surface area contributed by atoms with Crippen LogP contribution in [0.1, 0.15) is 10.6 Å². The van der Waals surface area contributed by atoms with Crippen LogP contribution in [0.3, 0.4) is 0 Å². The van der Waals surface area contributed by atoms with E-state index in [1.807, 2.05) is 0 Å². The topological polar surface area (TPSA) is 137 Å². The van der Waals surface area contributed by atoms with Gasteiger partial charge in [-0.2, -0.15) is 4.99 Å². The number of rotatable bonds is 4. The highest BCUT2D eigenvalue weighted by atomic mass is 32.2. The molecule has 1 aliphatic rings. The normalized spacial score (nSPS) is 15.2. The average Bonchev–Trinajstić information content (AvgIpc) is 3.18. The lowest BCUT2D eigenvalue weighted by Crippen LogP contribution is -2.43. The molecule has 11 heteroatoms. The molecule has 0 aliphatic carbocycles. The Morgan fingerprint density at radius 1 is 1.32 bits per heavy atom. The highest BCUT2D eigenvalue weighted by molar-refractivity contribution is 8.14. The number of benzene rings is 1. The molecule has 0 saturated carbocycles. The third-order valence-electron chi connectivity index (χ3n) is 3.27. The molecule has 2 heterocycles. The van der Waals surface area contributed by atoms with Crippen molar-refractivity contribution in [2.24, 2.45) is 9.98 Å². The van der Waals surface area contributed by atoms with Gasteiger partial charge in [-0.3, -0.25) is 25.1 Å². The number of furan rings is 1. The maximum absolute atomic E-state index is 13.1. The quantitative estimate of drug-likeness (QED) is 0.718. The Labute approximate surface area is 161 Å². The van der Waals surface area contributed by atoms with E-state index in [2.05, 4.69) is 20.6 Å². The van der Waals surface area contributed by atoms with Crippen molar-refractivity contribution in [1.82, 2.24) is 5.32 Å². The van der Waals surface area contributed by atoms with Crippen LogP contribution >= 0.6 is 11.8 Å². The molecule has 0 saturated heterocycles. The van der Waals surface area contributed by atoms with Crippen LogP contribution in [0.15, 0.2) is 57.1 Å². The smallest absolute Gasteiger partial charge is 0.313 e. The van der Waals surface area contributed by atoms with Crippen molar-refractivity contribution in [1.29, 1.82) is 5.41 Å². The molecular formula is C17H12FN5O4S. The van der Waals surface area contributed by atoms with Crippen LogP contribution in [0.5, 0.6) is 0 Å². The molecule has 0 unspecified atom stereocenters. The Balaban J connectivity index is 1.60. The number of nitrogens with one attached hydrogen (secondary N) is 3. The number of thioether (sulfide) groups is 1. The minimum atomic E-state index is -0.819. The lowest BCUT2D eigenvalue weighted by atomic mass is 10.3. The van der Waals surface area contributed by atoms with Crippen molar-refractivity contribution in [3.05, 3.63) is 54.2 Å². The second kappa shape index (κ2) is 8.39. The summed E-state index contributed by atoms with van der Waals surface area (Å²) < 4.78 is 18.0. The number of hydrogen-bond donors (Lipinski definition) is 3. The molecule has 3 amide bonds. The molecular weight excluding hydrogens is 389 g/mol. The first-order chi connectivity index (χ1) is 13.4. The first-order valence-corrected chi connectivity index (χ1v) is 8.74. The maximum Gasteiger partial charge on any atom is 0.313 e. The molecule has 0 bridgehead atoms. The van der Waals surface area contributed by atoms with E-state index >= 15 is 0 Å². The fraction of sp³-hybridized carbons (Fsp3) is 0.0588. The third kappa shape index (κ3) is 4.76. The predicted molar refractivity (Wildman–Crippen MR) is 101 cm³/mol. The molecule has 1 aromatic heterocycles. The predicted octanol–water partition coefficient (Wildman–Crippen LogP) is 1.83. The highest BCUT2D eigenvalue weighted by Gasteiger charge is 2.26. The molecule has 28 heavy (non-hydrogen) atoms. The maximum atomic E-state index is 13.1. The van der Waals surface area contributed by atoms with E-state index < -0.39 is 35.1 Å². The van der Waals surface area contributed by atoms with Gasteiger partial charge in [0.15, 0.2) is 22.5 Å². The summed E-state index contributed by atoms with van der Waals surface area (Å²) in [7, 11) is 0. The molecule has 1 aliphatic heterocycles. The second-order valence-electron chi connectivity index (χ2n) is 5.31. The summed E-state index contributed by atoms with van der Waals surface area (Å²) in [6.07, 6.45) is 1.28. The number of carbonyl (C=O) groups excluding carboxylic acids is 3. The number of amidine groups is 2. The van der Waals surface area contributed by atoms with E-state index in [-0.39, 0.29) is 16.7 Å². The molecule has 0 fully saturated rings. The largest absolute Gasteiger partial charge is 0.459 e. The van der Waals surface area contributed by atoms with Gasteiger partial charge in [0.25, 0.3) is 5.91 Å². The van der Waals surface area contributed by atoms with E-state index in [9.17, 15) is 18.8 Å². The Bertz CT molecular complexity index is 1020. The van der Waals surface area contributed by atoms with Crippen LogP contribution in [-0.4, -0.2) is 40.2 Å². The van der Waals surface area contributed by atoms with Gasteiger partial charge in [-0.15, -0.1) is 0 Å². The minimum absolute atomic E-state index is 0.00814. The summed E-state index contributed by atoms with van der Waals surface area (Å²) in [6, 6.07) is 8.25. The first kappa shape index (κ1) is 19.2. The van der Waals surface area contributed by atoms with E-state index in [1.165, 1.54) is 36.6 Å². The monoisotopic (exact) mass is 401 g/mol. The average molecular weight is 401 g/mol. The Kier molecular flexibility index (Phi) is 5.75. The number of aliphatic imine (C=N–C) groups is 2. The molecule has 3 N–H and O–H groups in total. The number of halogens is 1. The molecule has 0 radical (unpaired) electrons. The summed E-state index contributed by atoms with van der Waals surface area (Å²) in [5, 5.41) is 12.7. The third-order valence-corrected chi connectivity index (χ3v) is 4.14. The van der Waals surface area contributed by atoms with Crippen LogP contribution in [-0.2, 0) is 9.59 Å². The Hall–Kier alpha value is -3.60. The van der Waals surface area contributed by atoms with Gasteiger partial charge in [0, 0.05) is 5.69 Å². The fourth-order valence-electron chi connectivity index (χ4n) is 2.07. The molecule has 3 rings (SSSR count). The standard InChI is InChI=1S/C17H12FN5O4S/c18-9-3-1-4-10(7-9)20-12(24)8-28-17-22-14(19)13(16(26)23-17)21-15(25)11-5-2-6-27-11/h1-7H,8H2,(H,20,24)(H2,19,22,23,26). The van der Waals surface area contributed by atoms with E-state index in [1.54, 1.807) is 0 Å². The zero-order valence-electron chi connectivity index (χ0n) is 14.1.